The number of thiophene rings is 1. The van der Waals surface area contributed by atoms with E-state index in [1.54, 1.807) is 0 Å². The van der Waals surface area contributed by atoms with Crippen molar-refractivity contribution >= 4 is 82.1 Å². The zero-order chi connectivity index (χ0) is 33.8. The average molecular weight is 684 g/mol. The zero-order valence-electron chi connectivity index (χ0n) is 27.9. The van der Waals surface area contributed by atoms with Gasteiger partial charge in [0.1, 0.15) is 0 Å². The molecule has 10 rings (SSSR count). The molecule has 0 saturated heterocycles. The van der Waals surface area contributed by atoms with Crippen molar-refractivity contribution in [2.24, 2.45) is 0 Å². The van der Waals surface area contributed by atoms with Gasteiger partial charge >= 0.3 is 0 Å². The van der Waals surface area contributed by atoms with Gasteiger partial charge in [0.05, 0.1) is 11.0 Å². The molecule has 0 unspecified atom stereocenters. The summed E-state index contributed by atoms with van der Waals surface area (Å²) in [6, 6.07) is 74.5. The predicted molar refractivity (Wildman–Crippen MR) is 223 cm³/mol. The van der Waals surface area contributed by atoms with Crippen molar-refractivity contribution in [1.82, 2.24) is 4.57 Å². The van der Waals surface area contributed by atoms with Crippen molar-refractivity contribution in [2.75, 3.05) is 0 Å². The van der Waals surface area contributed by atoms with E-state index in [9.17, 15) is 0 Å². The lowest BCUT2D eigenvalue weighted by Gasteiger charge is -2.34. The Bertz CT molecular complexity index is 2800. The minimum atomic E-state index is -2.79. The van der Waals surface area contributed by atoms with Crippen LogP contribution in [-0.4, -0.2) is 12.6 Å². The number of rotatable bonds is 6. The third-order valence-corrected chi connectivity index (χ3v) is 16.5. The van der Waals surface area contributed by atoms with Crippen LogP contribution in [0.3, 0.4) is 0 Å². The van der Waals surface area contributed by atoms with Crippen LogP contribution in [0, 0.1) is 0 Å². The number of nitrogens with zero attached hydrogens (tertiary/aromatic N) is 1. The molecule has 8 aromatic carbocycles. The van der Waals surface area contributed by atoms with E-state index in [0.29, 0.717) is 0 Å². The number of benzene rings is 8. The molecule has 0 aliphatic carbocycles. The van der Waals surface area contributed by atoms with Gasteiger partial charge in [-0.2, -0.15) is 0 Å². The molecule has 51 heavy (non-hydrogen) atoms. The first-order chi connectivity index (χ1) is 25.3. The predicted octanol–water partition coefficient (Wildman–Crippen LogP) is 10.2. The van der Waals surface area contributed by atoms with Crippen LogP contribution in [0.4, 0.5) is 0 Å². The standard InChI is InChI=1S/C48H33NSSi/c1-4-15-35(16-5-1)49-44-24-12-10-21-41(44)43-33-39(31-32-45(43)49)51(36-17-6-2-7-18-36,37-19-8-3-9-20-37)38-29-27-34(28-30-38)40-23-14-26-47-48(40)42-22-11-13-25-46(42)50-47/h1-33H. The highest BCUT2D eigenvalue weighted by molar-refractivity contribution is 7.26. The quantitative estimate of drug-likeness (QED) is 0.121. The van der Waals surface area contributed by atoms with Gasteiger partial charge in [-0.3, -0.25) is 0 Å². The summed E-state index contributed by atoms with van der Waals surface area (Å²) in [6.07, 6.45) is 0. The maximum absolute atomic E-state index is 2.79. The number of hydrogen-bond donors (Lipinski definition) is 0. The molecule has 0 aliphatic heterocycles. The van der Waals surface area contributed by atoms with E-state index in [1.165, 1.54) is 79.5 Å². The Morgan fingerprint density at radius 2 is 0.922 bits per heavy atom. The number of para-hydroxylation sites is 2. The van der Waals surface area contributed by atoms with Crippen LogP contribution in [0.2, 0.25) is 0 Å². The maximum atomic E-state index is 2.51. The van der Waals surface area contributed by atoms with Crippen molar-refractivity contribution in [3.05, 3.63) is 200 Å². The van der Waals surface area contributed by atoms with Crippen molar-refractivity contribution in [1.29, 1.82) is 0 Å². The van der Waals surface area contributed by atoms with Crippen LogP contribution in [0.5, 0.6) is 0 Å². The summed E-state index contributed by atoms with van der Waals surface area (Å²) in [7, 11) is -2.79. The van der Waals surface area contributed by atoms with Gasteiger partial charge < -0.3 is 4.57 Å². The summed E-state index contributed by atoms with van der Waals surface area (Å²) in [5, 5.41) is 10.7. The Morgan fingerprint density at radius 1 is 0.373 bits per heavy atom. The van der Waals surface area contributed by atoms with E-state index >= 15 is 0 Å². The highest BCUT2D eigenvalue weighted by Gasteiger charge is 2.41. The van der Waals surface area contributed by atoms with E-state index in [2.05, 4.69) is 205 Å². The molecule has 0 amide bonds. The van der Waals surface area contributed by atoms with Crippen LogP contribution in [0.25, 0.3) is 58.8 Å². The molecule has 0 atom stereocenters. The largest absolute Gasteiger partial charge is 0.309 e. The molecule has 0 spiro atoms. The molecule has 2 aromatic heterocycles. The van der Waals surface area contributed by atoms with Crippen LogP contribution in [0.15, 0.2) is 200 Å². The summed E-state index contributed by atoms with van der Waals surface area (Å²) >= 11 is 1.88. The maximum Gasteiger partial charge on any atom is 0.179 e. The Labute approximate surface area is 302 Å². The van der Waals surface area contributed by atoms with Gasteiger partial charge in [0.2, 0.25) is 0 Å². The second kappa shape index (κ2) is 12.1. The number of fused-ring (bicyclic) bond motifs is 6. The van der Waals surface area contributed by atoms with Gasteiger partial charge in [0, 0.05) is 36.6 Å². The molecule has 0 bridgehead atoms. The molecule has 1 nitrogen and oxygen atoms in total. The van der Waals surface area contributed by atoms with E-state index < -0.39 is 8.07 Å². The fraction of sp³-hybridized carbons (Fsp3) is 0. The second-order valence-corrected chi connectivity index (χ2v) is 18.1. The van der Waals surface area contributed by atoms with Gasteiger partial charge in [-0.25, -0.2) is 0 Å². The Balaban J connectivity index is 1.24. The zero-order valence-corrected chi connectivity index (χ0v) is 29.7. The molecule has 10 aromatic rings. The average Bonchev–Trinajstić information content (AvgIpc) is 3.76. The van der Waals surface area contributed by atoms with E-state index in [-0.39, 0.29) is 0 Å². The van der Waals surface area contributed by atoms with Gasteiger partial charge in [-0.15, -0.1) is 11.3 Å². The van der Waals surface area contributed by atoms with Crippen molar-refractivity contribution < 1.29 is 0 Å². The SMILES string of the molecule is c1ccc(-n2c3ccccc3c3cc([Si](c4ccccc4)(c4ccccc4)c4ccc(-c5cccc6sc7ccccc7c56)cc4)ccc32)cc1. The van der Waals surface area contributed by atoms with Crippen molar-refractivity contribution in [2.45, 2.75) is 0 Å². The van der Waals surface area contributed by atoms with E-state index in [1.807, 2.05) is 11.3 Å². The smallest absolute Gasteiger partial charge is 0.179 e. The molecule has 2 heterocycles. The van der Waals surface area contributed by atoms with Crippen molar-refractivity contribution in [3.8, 4) is 16.8 Å². The molecule has 0 saturated carbocycles. The first kappa shape index (κ1) is 29.9. The lowest BCUT2D eigenvalue weighted by Crippen LogP contribution is -2.74. The molecule has 0 fully saturated rings. The van der Waals surface area contributed by atoms with E-state index in [4.69, 9.17) is 0 Å². The molecule has 0 aliphatic rings. The summed E-state index contributed by atoms with van der Waals surface area (Å²) in [6.45, 7) is 0. The van der Waals surface area contributed by atoms with Gasteiger partial charge in [0.25, 0.3) is 0 Å². The number of aromatic nitrogens is 1. The Hall–Kier alpha value is -6.00. The van der Waals surface area contributed by atoms with E-state index in [0.717, 1.165) is 0 Å². The highest BCUT2D eigenvalue weighted by Crippen LogP contribution is 2.40. The molecule has 3 heteroatoms. The summed E-state index contributed by atoms with van der Waals surface area (Å²) < 4.78 is 5.07. The monoisotopic (exact) mass is 683 g/mol. The Kier molecular flexibility index (Phi) is 7.09. The minimum Gasteiger partial charge on any atom is -0.309 e. The lowest BCUT2D eigenvalue weighted by molar-refractivity contribution is 1.18. The summed E-state index contributed by atoms with van der Waals surface area (Å²) in [4.78, 5) is 0. The first-order valence-electron chi connectivity index (χ1n) is 17.5. The third-order valence-electron chi connectivity index (χ3n) is 10.6. The summed E-state index contributed by atoms with van der Waals surface area (Å²) in [5.74, 6) is 0. The lowest BCUT2D eigenvalue weighted by atomic mass is 10.00. The fourth-order valence-corrected chi connectivity index (χ4v) is 14.2. The van der Waals surface area contributed by atoms with Gasteiger partial charge in [0.15, 0.2) is 8.07 Å². The topological polar surface area (TPSA) is 4.93 Å². The highest BCUT2D eigenvalue weighted by atomic mass is 32.1. The summed E-state index contributed by atoms with van der Waals surface area (Å²) in [5.41, 5.74) is 6.16. The van der Waals surface area contributed by atoms with Gasteiger partial charge in [-0.1, -0.05) is 164 Å². The fourth-order valence-electron chi connectivity index (χ4n) is 8.35. The molecule has 240 valence electrons. The van der Waals surface area contributed by atoms with Crippen LogP contribution in [-0.2, 0) is 0 Å². The molecule has 0 N–H and O–H groups in total. The first-order valence-corrected chi connectivity index (χ1v) is 20.3. The Morgan fingerprint density at radius 3 is 1.65 bits per heavy atom. The van der Waals surface area contributed by atoms with Crippen LogP contribution < -0.4 is 20.7 Å². The normalized spacial score (nSPS) is 11.9. The minimum absolute atomic E-state index is 1.18. The van der Waals surface area contributed by atoms with Crippen molar-refractivity contribution in [3.63, 3.8) is 0 Å². The van der Waals surface area contributed by atoms with Crippen LogP contribution >= 0.6 is 11.3 Å². The van der Waals surface area contributed by atoms with Gasteiger partial charge in [-0.05, 0) is 68.3 Å². The second-order valence-electron chi connectivity index (χ2n) is 13.3. The molecular formula is C48H33NSSi. The molecular weight excluding hydrogens is 651 g/mol. The number of hydrogen-bond acceptors (Lipinski definition) is 1. The molecule has 0 radical (unpaired) electrons. The van der Waals surface area contributed by atoms with Crippen LogP contribution in [0.1, 0.15) is 0 Å². The third kappa shape index (κ3) is 4.66.